The normalized spacial score (nSPS) is 26.0. The van der Waals surface area contributed by atoms with Crippen LogP contribution in [0.3, 0.4) is 0 Å². The number of allylic oxidation sites excluding steroid dienone is 1. The van der Waals surface area contributed by atoms with E-state index in [1.807, 2.05) is 11.0 Å². The number of hydrogen-bond donors (Lipinski definition) is 1. The van der Waals surface area contributed by atoms with Crippen molar-refractivity contribution in [2.45, 2.75) is 64.0 Å². The maximum absolute atomic E-state index is 13.4. The number of nitrogens with zero attached hydrogens (tertiary/aromatic N) is 1. The van der Waals surface area contributed by atoms with Crippen LogP contribution in [0.5, 0.6) is 0 Å². The molecule has 1 heterocycles. The van der Waals surface area contributed by atoms with Crippen LogP contribution in [-0.2, 0) is 16.1 Å². The Morgan fingerprint density at radius 1 is 1.27 bits per heavy atom. The van der Waals surface area contributed by atoms with Crippen LogP contribution < -0.4 is 5.32 Å². The minimum atomic E-state index is -0.593. The third kappa shape index (κ3) is 2.93. The Morgan fingerprint density at radius 3 is 2.85 bits per heavy atom. The second kappa shape index (κ2) is 6.86. The van der Waals surface area contributed by atoms with Crippen molar-refractivity contribution in [2.24, 2.45) is 5.41 Å². The monoisotopic (exact) mass is 356 g/mol. The van der Waals surface area contributed by atoms with E-state index in [0.29, 0.717) is 19.4 Å². The van der Waals surface area contributed by atoms with Crippen LogP contribution >= 0.6 is 0 Å². The lowest BCUT2D eigenvalue weighted by Gasteiger charge is -2.44. The van der Waals surface area contributed by atoms with Crippen molar-refractivity contribution in [3.63, 3.8) is 0 Å². The Labute approximate surface area is 153 Å². The van der Waals surface area contributed by atoms with Gasteiger partial charge in [0, 0.05) is 24.7 Å². The van der Waals surface area contributed by atoms with Crippen molar-refractivity contribution in [3.8, 4) is 0 Å². The zero-order valence-corrected chi connectivity index (χ0v) is 15.0. The summed E-state index contributed by atoms with van der Waals surface area (Å²) in [4.78, 5) is 27.7. The standard InChI is InChI=1S/C21H25FN2O2/c22-16-6-3-5-15(13-16)14-23-20(26)21-11-4-9-18(21)24(19(25)10-12-21)17-7-1-2-8-17/h3,5-6,9,13,17H,1-2,4,7-8,10-12,14H2,(H,23,26). The fraction of sp³-hybridized carbons (Fsp3) is 0.524. The second-order valence-electron chi connectivity index (χ2n) is 7.72. The number of carbonyl (C=O) groups is 2. The van der Waals surface area contributed by atoms with Gasteiger partial charge in [-0.25, -0.2) is 4.39 Å². The molecule has 0 spiro atoms. The van der Waals surface area contributed by atoms with Gasteiger partial charge in [-0.05, 0) is 49.8 Å². The maximum atomic E-state index is 13.4. The number of amides is 2. The molecule has 0 radical (unpaired) electrons. The molecule has 1 unspecified atom stereocenters. The van der Waals surface area contributed by atoms with E-state index in [4.69, 9.17) is 0 Å². The van der Waals surface area contributed by atoms with Gasteiger partial charge in [0.1, 0.15) is 5.82 Å². The molecule has 0 aromatic heterocycles. The highest BCUT2D eigenvalue weighted by atomic mass is 19.1. The number of fused-ring (bicyclic) bond motifs is 1. The van der Waals surface area contributed by atoms with Gasteiger partial charge in [-0.15, -0.1) is 0 Å². The lowest BCUT2D eigenvalue weighted by atomic mass is 9.75. The number of nitrogens with one attached hydrogen (secondary N) is 1. The molecule has 1 aliphatic heterocycles. The molecule has 4 rings (SSSR count). The molecule has 1 aromatic rings. The summed E-state index contributed by atoms with van der Waals surface area (Å²) in [5.74, 6) is -0.161. The van der Waals surface area contributed by atoms with Crippen molar-refractivity contribution in [1.82, 2.24) is 10.2 Å². The van der Waals surface area contributed by atoms with Crippen molar-refractivity contribution < 1.29 is 14.0 Å². The number of likely N-dealkylation sites (tertiary alicyclic amines) is 1. The lowest BCUT2D eigenvalue weighted by Crippen LogP contribution is -2.52. The predicted molar refractivity (Wildman–Crippen MR) is 96.3 cm³/mol. The molecule has 138 valence electrons. The van der Waals surface area contributed by atoms with Crippen molar-refractivity contribution in [2.75, 3.05) is 0 Å². The van der Waals surface area contributed by atoms with E-state index in [9.17, 15) is 14.0 Å². The summed E-state index contributed by atoms with van der Waals surface area (Å²) in [6, 6.07) is 6.55. The van der Waals surface area contributed by atoms with Crippen LogP contribution in [0.1, 0.15) is 56.9 Å². The Hall–Kier alpha value is -2.17. The van der Waals surface area contributed by atoms with Crippen LogP contribution in [0.15, 0.2) is 36.0 Å². The Balaban J connectivity index is 1.53. The molecular weight excluding hydrogens is 331 g/mol. The summed E-state index contributed by atoms with van der Waals surface area (Å²) in [5, 5.41) is 3.00. The zero-order valence-electron chi connectivity index (χ0n) is 15.0. The molecule has 1 saturated heterocycles. The first-order chi connectivity index (χ1) is 12.6. The van der Waals surface area contributed by atoms with Crippen molar-refractivity contribution in [1.29, 1.82) is 0 Å². The highest BCUT2D eigenvalue weighted by molar-refractivity contribution is 5.91. The van der Waals surface area contributed by atoms with Gasteiger partial charge in [0.25, 0.3) is 0 Å². The fourth-order valence-corrected chi connectivity index (χ4v) is 4.84. The molecule has 1 saturated carbocycles. The van der Waals surface area contributed by atoms with Crippen LogP contribution in [0.4, 0.5) is 4.39 Å². The highest BCUT2D eigenvalue weighted by Gasteiger charge is 2.52. The van der Waals surface area contributed by atoms with Gasteiger partial charge >= 0.3 is 0 Å². The van der Waals surface area contributed by atoms with E-state index in [0.717, 1.165) is 49.8 Å². The van der Waals surface area contributed by atoms with Gasteiger partial charge in [-0.2, -0.15) is 0 Å². The van der Waals surface area contributed by atoms with E-state index in [1.165, 1.54) is 12.1 Å². The van der Waals surface area contributed by atoms with Crippen molar-refractivity contribution in [3.05, 3.63) is 47.4 Å². The minimum Gasteiger partial charge on any atom is -0.351 e. The van der Waals surface area contributed by atoms with E-state index >= 15 is 0 Å². The summed E-state index contributed by atoms with van der Waals surface area (Å²) in [6.45, 7) is 0.309. The number of rotatable bonds is 4. The predicted octanol–water partition coefficient (Wildman–Crippen LogP) is 3.67. The third-order valence-electron chi connectivity index (χ3n) is 6.16. The molecule has 2 aliphatic carbocycles. The summed E-state index contributed by atoms with van der Waals surface area (Å²) >= 11 is 0. The van der Waals surface area contributed by atoms with Crippen molar-refractivity contribution >= 4 is 11.8 Å². The molecule has 0 bridgehead atoms. The molecule has 5 heteroatoms. The van der Waals surface area contributed by atoms with Gasteiger partial charge < -0.3 is 10.2 Å². The Morgan fingerprint density at radius 2 is 2.08 bits per heavy atom. The first-order valence-electron chi connectivity index (χ1n) is 9.66. The van der Waals surface area contributed by atoms with E-state index in [2.05, 4.69) is 11.4 Å². The minimum absolute atomic E-state index is 0.0268. The van der Waals surface area contributed by atoms with E-state index < -0.39 is 5.41 Å². The number of piperidine rings is 1. The van der Waals surface area contributed by atoms with Gasteiger partial charge in [-0.1, -0.05) is 31.1 Å². The van der Waals surface area contributed by atoms with Crippen LogP contribution in [-0.4, -0.2) is 22.8 Å². The van der Waals surface area contributed by atoms with Crippen LogP contribution in [0, 0.1) is 11.2 Å². The van der Waals surface area contributed by atoms with Gasteiger partial charge in [0.2, 0.25) is 11.8 Å². The average Bonchev–Trinajstić information content (AvgIpc) is 3.30. The quantitative estimate of drug-likeness (QED) is 0.895. The number of carbonyl (C=O) groups excluding carboxylic acids is 2. The third-order valence-corrected chi connectivity index (χ3v) is 6.16. The van der Waals surface area contributed by atoms with Gasteiger partial charge in [0.15, 0.2) is 0 Å². The van der Waals surface area contributed by atoms with Gasteiger partial charge in [-0.3, -0.25) is 9.59 Å². The topological polar surface area (TPSA) is 49.4 Å². The Bertz CT molecular complexity index is 754. The SMILES string of the molecule is O=C1CCC2(C(=O)NCc3cccc(F)c3)CCC=C2N1C1CCCC1. The summed E-state index contributed by atoms with van der Waals surface area (Å²) in [7, 11) is 0. The van der Waals surface area contributed by atoms with E-state index in [-0.39, 0.29) is 23.7 Å². The highest BCUT2D eigenvalue weighted by Crippen LogP contribution is 2.50. The first kappa shape index (κ1) is 17.3. The number of halogens is 1. The maximum Gasteiger partial charge on any atom is 0.232 e. The summed E-state index contributed by atoms with van der Waals surface area (Å²) in [6.07, 6.45) is 9.07. The lowest BCUT2D eigenvalue weighted by molar-refractivity contribution is -0.141. The smallest absolute Gasteiger partial charge is 0.232 e. The molecule has 3 aliphatic rings. The summed E-state index contributed by atoms with van der Waals surface area (Å²) in [5.41, 5.74) is 1.08. The molecule has 1 N–H and O–H groups in total. The molecule has 26 heavy (non-hydrogen) atoms. The number of benzene rings is 1. The summed E-state index contributed by atoms with van der Waals surface area (Å²) < 4.78 is 13.4. The number of hydrogen-bond acceptors (Lipinski definition) is 2. The first-order valence-corrected chi connectivity index (χ1v) is 9.66. The van der Waals surface area contributed by atoms with E-state index in [1.54, 1.807) is 6.07 Å². The molecular formula is C21H25FN2O2. The molecule has 2 fully saturated rings. The molecule has 1 atom stereocenters. The second-order valence-corrected chi connectivity index (χ2v) is 7.72. The van der Waals surface area contributed by atoms with Gasteiger partial charge in [0.05, 0.1) is 5.41 Å². The largest absolute Gasteiger partial charge is 0.351 e. The molecule has 1 aromatic carbocycles. The average molecular weight is 356 g/mol. The fourth-order valence-electron chi connectivity index (χ4n) is 4.84. The molecule has 4 nitrogen and oxygen atoms in total. The molecule has 2 amide bonds. The zero-order chi connectivity index (χ0) is 18.1. The van der Waals surface area contributed by atoms with Crippen LogP contribution in [0.2, 0.25) is 0 Å². The van der Waals surface area contributed by atoms with Crippen LogP contribution in [0.25, 0.3) is 0 Å². The Kier molecular flexibility index (Phi) is 4.55.